The molecule has 2 amide bonds. The van der Waals surface area contributed by atoms with Crippen molar-refractivity contribution in [1.82, 2.24) is 5.32 Å². The number of amides is 2. The van der Waals surface area contributed by atoms with Gasteiger partial charge in [0.25, 0.3) is 0 Å². The fraction of sp³-hybridized carbons (Fsp3) is 0.318. The van der Waals surface area contributed by atoms with Gasteiger partial charge < -0.3 is 14.8 Å². The molecule has 1 heterocycles. The molecule has 2 aromatic carbocycles. The fourth-order valence-electron chi connectivity index (χ4n) is 3.41. The number of methoxy groups -OCH3 is 1. The van der Waals surface area contributed by atoms with Gasteiger partial charge in [-0.25, -0.2) is 9.79 Å². The summed E-state index contributed by atoms with van der Waals surface area (Å²) in [6.07, 6.45) is 0.990. The maximum Gasteiger partial charge on any atom is 0.341 e. The van der Waals surface area contributed by atoms with Crippen molar-refractivity contribution in [3.8, 4) is 5.75 Å². The molecule has 1 aliphatic heterocycles. The van der Waals surface area contributed by atoms with Crippen LogP contribution in [0.15, 0.2) is 53.5 Å². The van der Waals surface area contributed by atoms with Gasteiger partial charge in [0.1, 0.15) is 11.7 Å². The Kier molecular flexibility index (Phi) is 6.88. The van der Waals surface area contributed by atoms with E-state index in [0.29, 0.717) is 29.3 Å². The van der Waals surface area contributed by atoms with E-state index < -0.39 is 24.0 Å². The zero-order chi connectivity index (χ0) is 20.8. The number of ether oxygens (including phenoxy) is 2. The molecule has 7 heteroatoms. The van der Waals surface area contributed by atoms with E-state index in [2.05, 4.69) is 10.3 Å². The second-order valence-electron chi connectivity index (χ2n) is 6.62. The average Bonchev–Trinajstić information content (AvgIpc) is 2.73. The molecule has 0 bridgehead atoms. The molecule has 0 aromatic heterocycles. The van der Waals surface area contributed by atoms with E-state index in [1.54, 1.807) is 26.2 Å². The number of aliphatic imine (C=N–C) groups is 1. The molecule has 0 aliphatic carbocycles. The first kappa shape index (κ1) is 20.9. The van der Waals surface area contributed by atoms with Crippen LogP contribution in [-0.2, 0) is 16.0 Å². The fourth-order valence-corrected chi connectivity index (χ4v) is 3.64. The summed E-state index contributed by atoms with van der Waals surface area (Å²) in [7, 11) is 1.58. The quantitative estimate of drug-likeness (QED) is 0.682. The summed E-state index contributed by atoms with van der Waals surface area (Å²) in [5.41, 5.74) is 2.21. The summed E-state index contributed by atoms with van der Waals surface area (Å²) >= 11 is 6.25. The number of halogens is 1. The topological polar surface area (TPSA) is 77.0 Å². The van der Waals surface area contributed by atoms with E-state index in [1.165, 1.54) is 0 Å². The molecule has 0 fully saturated rings. The van der Waals surface area contributed by atoms with E-state index in [0.717, 1.165) is 11.1 Å². The lowest BCUT2D eigenvalue weighted by Crippen LogP contribution is -2.45. The first-order valence-electron chi connectivity index (χ1n) is 9.45. The predicted molar refractivity (Wildman–Crippen MR) is 112 cm³/mol. The number of esters is 1. The molecule has 2 atom stereocenters. The van der Waals surface area contributed by atoms with Crippen LogP contribution >= 0.6 is 11.6 Å². The lowest BCUT2D eigenvalue weighted by Gasteiger charge is -2.31. The number of nitrogens with zero attached hydrogens (tertiary/aromatic N) is 1. The van der Waals surface area contributed by atoms with Crippen LogP contribution in [0, 0.1) is 5.92 Å². The predicted octanol–water partition coefficient (Wildman–Crippen LogP) is 4.37. The Morgan fingerprint density at radius 3 is 2.52 bits per heavy atom. The number of urea groups is 1. The summed E-state index contributed by atoms with van der Waals surface area (Å²) in [6, 6.07) is 13.7. The Morgan fingerprint density at radius 1 is 1.14 bits per heavy atom. The van der Waals surface area contributed by atoms with Crippen molar-refractivity contribution in [3.05, 3.63) is 64.7 Å². The molecule has 1 N–H and O–H groups in total. The maximum absolute atomic E-state index is 12.8. The molecule has 0 saturated heterocycles. The molecule has 29 heavy (non-hydrogen) atoms. The number of benzene rings is 2. The SMILES string of the molecule is CCOC(=O)C1C(CCc2ccccc2Cl)=NC(=O)NC1c1ccc(OC)cc1. The van der Waals surface area contributed by atoms with Gasteiger partial charge in [-0.05, 0) is 49.1 Å². The summed E-state index contributed by atoms with van der Waals surface area (Å²) < 4.78 is 10.5. The average molecular weight is 415 g/mol. The second-order valence-corrected chi connectivity index (χ2v) is 7.03. The van der Waals surface area contributed by atoms with Crippen LogP contribution in [0.1, 0.15) is 30.5 Å². The maximum atomic E-state index is 12.8. The highest BCUT2D eigenvalue weighted by atomic mass is 35.5. The molecule has 3 rings (SSSR count). The van der Waals surface area contributed by atoms with Crippen molar-refractivity contribution in [3.63, 3.8) is 0 Å². The van der Waals surface area contributed by atoms with Crippen LogP contribution in [0.5, 0.6) is 5.75 Å². The Labute approximate surface area is 174 Å². The van der Waals surface area contributed by atoms with Crippen LogP contribution in [0.2, 0.25) is 5.02 Å². The van der Waals surface area contributed by atoms with Gasteiger partial charge in [-0.1, -0.05) is 41.9 Å². The Bertz CT molecular complexity index is 911. The van der Waals surface area contributed by atoms with E-state index >= 15 is 0 Å². The third-order valence-corrected chi connectivity index (χ3v) is 5.21. The van der Waals surface area contributed by atoms with E-state index in [1.807, 2.05) is 36.4 Å². The van der Waals surface area contributed by atoms with Crippen LogP contribution in [-0.4, -0.2) is 31.4 Å². The molecular weight excluding hydrogens is 392 g/mol. The molecular formula is C22H23ClN2O4. The van der Waals surface area contributed by atoms with Crippen molar-refractivity contribution >= 4 is 29.3 Å². The highest BCUT2D eigenvalue weighted by Gasteiger charge is 2.39. The summed E-state index contributed by atoms with van der Waals surface area (Å²) in [5, 5.41) is 3.45. The van der Waals surface area contributed by atoms with E-state index in [-0.39, 0.29) is 6.61 Å². The van der Waals surface area contributed by atoms with Crippen molar-refractivity contribution in [1.29, 1.82) is 0 Å². The zero-order valence-electron chi connectivity index (χ0n) is 16.4. The van der Waals surface area contributed by atoms with Gasteiger partial charge in [-0.3, -0.25) is 4.79 Å². The van der Waals surface area contributed by atoms with Crippen LogP contribution in [0.25, 0.3) is 0 Å². The minimum Gasteiger partial charge on any atom is -0.497 e. The minimum atomic E-state index is -0.705. The molecule has 2 aromatic rings. The summed E-state index contributed by atoms with van der Waals surface area (Å²) in [5.74, 6) is -0.425. The Hall–Kier alpha value is -2.86. The van der Waals surface area contributed by atoms with Crippen molar-refractivity contribution in [2.45, 2.75) is 25.8 Å². The van der Waals surface area contributed by atoms with Gasteiger partial charge in [-0.2, -0.15) is 0 Å². The lowest BCUT2D eigenvalue weighted by atomic mass is 9.85. The van der Waals surface area contributed by atoms with Gasteiger partial charge in [0, 0.05) is 10.7 Å². The summed E-state index contributed by atoms with van der Waals surface area (Å²) in [4.78, 5) is 29.2. The number of rotatable bonds is 7. The second kappa shape index (κ2) is 9.56. The highest BCUT2D eigenvalue weighted by Crippen LogP contribution is 2.31. The number of carbonyl (C=O) groups is 2. The molecule has 6 nitrogen and oxygen atoms in total. The third-order valence-electron chi connectivity index (χ3n) is 4.84. The minimum absolute atomic E-state index is 0.246. The summed E-state index contributed by atoms with van der Waals surface area (Å²) in [6.45, 7) is 2.00. The van der Waals surface area contributed by atoms with Gasteiger partial charge in [-0.15, -0.1) is 0 Å². The first-order chi connectivity index (χ1) is 14.0. The van der Waals surface area contributed by atoms with E-state index in [4.69, 9.17) is 21.1 Å². The van der Waals surface area contributed by atoms with Crippen molar-refractivity contribution in [2.75, 3.05) is 13.7 Å². The standard InChI is InChI=1S/C22H23ClN2O4/c1-3-29-21(26)19-18(13-10-14-6-4-5-7-17(14)23)24-22(27)25-20(19)15-8-11-16(28-2)12-9-15/h4-9,11-12,19-20H,3,10,13H2,1-2H3,(H,25,27). The van der Waals surface area contributed by atoms with Gasteiger partial charge >= 0.3 is 12.0 Å². The number of carbonyl (C=O) groups excluding carboxylic acids is 2. The van der Waals surface area contributed by atoms with Crippen molar-refractivity contribution in [2.24, 2.45) is 10.9 Å². The highest BCUT2D eigenvalue weighted by molar-refractivity contribution is 6.31. The van der Waals surface area contributed by atoms with Gasteiger partial charge in [0.05, 0.1) is 19.8 Å². The Balaban J connectivity index is 1.90. The smallest absolute Gasteiger partial charge is 0.341 e. The monoisotopic (exact) mass is 414 g/mol. The van der Waals surface area contributed by atoms with Crippen molar-refractivity contribution < 1.29 is 19.1 Å². The lowest BCUT2D eigenvalue weighted by molar-refractivity contribution is -0.146. The third kappa shape index (κ3) is 4.95. The van der Waals surface area contributed by atoms with Crippen LogP contribution in [0.3, 0.4) is 0 Å². The molecule has 2 unspecified atom stereocenters. The zero-order valence-corrected chi connectivity index (χ0v) is 17.1. The first-order valence-corrected chi connectivity index (χ1v) is 9.83. The number of aryl methyl sites for hydroxylation is 1. The molecule has 0 radical (unpaired) electrons. The van der Waals surface area contributed by atoms with Crippen LogP contribution in [0.4, 0.5) is 4.79 Å². The molecule has 0 saturated carbocycles. The number of hydrogen-bond acceptors (Lipinski definition) is 4. The molecule has 152 valence electrons. The number of nitrogens with one attached hydrogen (secondary N) is 1. The largest absolute Gasteiger partial charge is 0.497 e. The Morgan fingerprint density at radius 2 is 1.86 bits per heavy atom. The molecule has 0 spiro atoms. The molecule has 1 aliphatic rings. The van der Waals surface area contributed by atoms with Gasteiger partial charge in [0.15, 0.2) is 0 Å². The number of hydrogen-bond donors (Lipinski definition) is 1. The normalized spacial score (nSPS) is 18.6. The van der Waals surface area contributed by atoms with Gasteiger partial charge in [0.2, 0.25) is 0 Å². The van der Waals surface area contributed by atoms with E-state index in [9.17, 15) is 9.59 Å². The van der Waals surface area contributed by atoms with Crippen LogP contribution < -0.4 is 10.1 Å².